The third-order valence-corrected chi connectivity index (χ3v) is 4.64. The Balaban J connectivity index is 1.73. The van der Waals surface area contributed by atoms with E-state index in [0.29, 0.717) is 0 Å². The third-order valence-electron chi connectivity index (χ3n) is 4.64. The van der Waals surface area contributed by atoms with Crippen molar-refractivity contribution < 1.29 is 0 Å². The molecule has 0 saturated heterocycles. The molecule has 0 fully saturated rings. The van der Waals surface area contributed by atoms with Crippen molar-refractivity contribution in [1.29, 1.82) is 0 Å². The lowest BCUT2D eigenvalue weighted by Crippen LogP contribution is -2.31. The van der Waals surface area contributed by atoms with Crippen molar-refractivity contribution in [3.05, 3.63) is 22.5 Å². The summed E-state index contributed by atoms with van der Waals surface area (Å²) in [6, 6.07) is 0. The van der Waals surface area contributed by atoms with Gasteiger partial charge in [-0.1, -0.05) is 0 Å². The highest BCUT2D eigenvalue weighted by Crippen LogP contribution is 2.44. The molecular formula is C14H20N2. The maximum atomic E-state index is 2.63. The van der Waals surface area contributed by atoms with E-state index in [4.69, 9.17) is 0 Å². The molecule has 2 nitrogen and oxygen atoms in total. The zero-order valence-corrected chi connectivity index (χ0v) is 9.97. The summed E-state index contributed by atoms with van der Waals surface area (Å²) in [4.78, 5) is 0. The van der Waals surface area contributed by atoms with Crippen LogP contribution in [0.2, 0.25) is 0 Å². The number of rotatable bonds is 0. The van der Waals surface area contributed by atoms with E-state index in [1.807, 2.05) is 0 Å². The van der Waals surface area contributed by atoms with E-state index in [1.54, 1.807) is 22.5 Å². The van der Waals surface area contributed by atoms with Crippen molar-refractivity contribution in [2.24, 2.45) is 0 Å². The summed E-state index contributed by atoms with van der Waals surface area (Å²) in [5.41, 5.74) is 6.89. The van der Waals surface area contributed by atoms with E-state index in [2.05, 4.69) is 10.0 Å². The van der Waals surface area contributed by atoms with Gasteiger partial charge in [0.1, 0.15) is 0 Å². The molecule has 0 N–H and O–H groups in total. The van der Waals surface area contributed by atoms with E-state index in [0.717, 1.165) is 0 Å². The Kier molecular flexibility index (Phi) is 1.95. The minimum Gasteiger partial charge on any atom is -0.282 e. The minimum absolute atomic E-state index is 1.24. The van der Waals surface area contributed by atoms with Gasteiger partial charge in [-0.05, 0) is 62.5 Å². The fourth-order valence-electron chi connectivity index (χ4n) is 3.90. The monoisotopic (exact) mass is 216 g/mol. The van der Waals surface area contributed by atoms with Gasteiger partial charge in [-0.2, -0.15) is 0 Å². The number of fused-ring (bicyclic) bond motifs is 3. The Labute approximate surface area is 97.6 Å². The molecule has 0 amide bonds. The van der Waals surface area contributed by atoms with Gasteiger partial charge in [-0.15, -0.1) is 0 Å². The molecule has 2 heteroatoms. The largest absolute Gasteiger partial charge is 0.282 e. The molecule has 0 spiro atoms. The van der Waals surface area contributed by atoms with Crippen LogP contribution in [0, 0.1) is 0 Å². The second kappa shape index (κ2) is 3.36. The molecule has 0 aromatic heterocycles. The highest BCUT2D eigenvalue weighted by Gasteiger charge is 2.39. The quantitative estimate of drug-likeness (QED) is 0.613. The van der Waals surface area contributed by atoms with Crippen LogP contribution in [-0.2, 0) is 0 Å². The van der Waals surface area contributed by atoms with Crippen LogP contribution in [0.25, 0.3) is 0 Å². The van der Waals surface area contributed by atoms with E-state index >= 15 is 0 Å². The molecule has 0 aromatic rings. The van der Waals surface area contributed by atoms with Crippen molar-refractivity contribution >= 4 is 0 Å². The van der Waals surface area contributed by atoms with Gasteiger partial charge in [-0.3, -0.25) is 5.01 Å². The van der Waals surface area contributed by atoms with Crippen molar-refractivity contribution in [1.82, 2.24) is 10.0 Å². The van der Waals surface area contributed by atoms with Gasteiger partial charge < -0.3 is 0 Å². The molecule has 0 bridgehead atoms. The van der Waals surface area contributed by atoms with Crippen molar-refractivity contribution in [3.8, 4) is 0 Å². The normalized spacial score (nSPS) is 29.6. The Morgan fingerprint density at radius 3 is 1.69 bits per heavy atom. The third kappa shape index (κ3) is 1.17. The Hall–Kier alpha value is -0.760. The summed E-state index contributed by atoms with van der Waals surface area (Å²) in [7, 11) is 0. The molecule has 4 rings (SSSR count). The standard InChI is InChI=1S/C14H20N2/c1-3-7-13-11(5-1)9-15-10-12-6-2-4-8-14(12)16(13)15/h1-10H2. The van der Waals surface area contributed by atoms with Crippen LogP contribution in [0.1, 0.15) is 51.4 Å². The van der Waals surface area contributed by atoms with E-state index < -0.39 is 0 Å². The molecule has 0 aromatic carbocycles. The average Bonchev–Trinajstić information content (AvgIpc) is 2.83. The summed E-state index contributed by atoms with van der Waals surface area (Å²) in [6.07, 6.45) is 11.1. The van der Waals surface area contributed by atoms with Crippen LogP contribution in [0.15, 0.2) is 22.5 Å². The topological polar surface area (TPSA) is 6.48 Å². The van der Waals surface area contributed by atoms with E-state index in [1.165, 1.54) is 64.5 Å². The first kappa shape index (κ1) is 9.29. The highest BCUT2D eigenvalue weighted by molar-refractivity contribution is 5.34. The summed E-state index contributed by atoms with van der Waals surface area (Å²) in [6.45, 7) is 2.48. The molecular weight excluding hydrogens is 196 g/mol. The lowest BCUT2D eigenvalue weighted by Gasteiger charge is -2.29. The number of allylic oxidation sites excluding steroid dienone is 2. The Morgan fingerprint density at radius 2 is 1.12 bits per heavy atom. The van der Waals surface area contributed by atoms with Gasteiger partial charge in [0.25, 0.3) is 0 Å². The van der Waals surface area contributed by atoms with Crippen LogP contribution >= 0.6 is 0 Å². The lowest BCUT2D eigenvalue weighted by atomic mass is 9.93. The molecule has 0 radical (unpaired) electrons. The predicted molar refractivity (Wildman–Crippen MR) is 64.4 cm³/mol. The van der Waals surface area contributed by atoms with Gasteiger partial charge in [0.05, 0.1) is 0 Å². The molecule has 0 atom stereocenters. The van der Waals surface area contributed by atoms with Crippen LogP contribution in [0.3, 0.4) is 0 Å². The molecule has 2 aliphatic heterocycles. The lowest BCUT2D eigenvalue weighted by molar-refractivity contribution is 0.107. The summed E-state index contributed by atoms with van der Waals surface area (Å²) in [5, 5.41) is 5.23. The van der Waals surface area contributed by atoms with Gasteiger partial charge in [0, 0.05) is 24.5 Å². The van der Waals surface area contributed by atoms with E-state index in [-0.39, 0.29) is 0 Å². The number of hydrogen-bond acceptors (Lipinski definition) is 2. The number of hydrazine groups is 1. The second-order valence-corrected chi connectivity index (χ2v) is 5.65. The fraction of sp³-hybridized carbons (Fsp3) is 0.714. The van der Waals surface area contributed by atoms with Crippen LogP contribution in [-0.4, -0.2) is 23.1 Å². The smallest absolute Gasteiger partial charge is 0.0419 e. The summed E-state index contributed by atoms with van der Waals surface area (Å²) >= 11 is 0. The van der Waals surface area contributed by atoms with Gasteiger partial charge in [-0.25, -0.2) is 5.01 Å². The zero-order chi connectivity index (χ0) is 10.5. The summed E-state index contributed by atoms with van der Waals surface area (Å²) in [5.74, 6) is 0. The number of hydrogen-bond donors (Lipinski definition) is 0. The second-order valence-electron chi connectivity index (χ2n) is 5.65. The van der Waals surface area contributed by atoms with Crippen molar-refractivity contribution in [3.63, 3.8) is 0 Å². The molecule has 0 unspecified atom stereocenters. The maximum Gasteiger partial charge on any atom is 0.0419 e. The molecule has 86 valence electrons. The van der Waals surface area contributed by atoms with Gasteiger partial charge >= 0.3 is 0 Å². The van der Waals surface area contributed by atoms with E-state index in [9.17, 15) is 0 Å². The van der Waals surface area contributed by atoms with Gasteiger partial charge in [0.2, 0.25) is 0 Å². The molecule has 0 saturated carbocycles. The molecule has 4 aliphatic rings. The van der Waals surface area contributed by atoms with Crippen molar-refractivity contribution in [2.75, 3.05) is 13.1 Å². The first-order chi connectivity index (χ1) is 7.93. The fourth-order valence-corrected chi connectivity index (χ4v) is 3.90. The molecule has 2 heterocycles. The SMILES string of the molecule is C1CCC2=C(C1)CN1CC3=C(CCCC3)N21. The number of nitrogens with zero attached hydrogens (tertiary/aromatic N) is 2. The van der Waals surface area contributed by atoms with Gasteiger partial charge in [0.15, 0.2) is 0 Å². The molecule has 16 heavy (non-hydrogen) atoms. The first-order valence-electron chi connectivity index (χ1n) is 6.90. The van der Waals surface area contributed by atoms with Crippen LogP contribution in [0.4, 0.5) is 0 Å². The Bertz CT molecular complexity index is 356. The van der Waals surface area contributed by atoms with Crippen molar-refractivity contribution in [2.45, 2.75) is 51.4 Å². The molecule has 2 aliphatic carbocycles. The first-order valence-corrected chi connectivity index (χ1v) is 6.90. The highest BCUT2D eigenvalue weighted by atomic mass is 15.7. The average molecular weight is 216 g/mol. The summed E-state index contributed by atoms with van der Waals surface area (Å²) < 4.78 is 0. The predicted octanol–water partition coefficient (Wildman–Crippen LogP) is 3.19. The zero-order valence-electron chi connectivity index (χ0n) is 9.97. The van der Waals surface area contributed by atoms with Crippen LogP contribution in [0.5, 0.6) is 0 Å². The maximum absolute atomic E-state index is 2.63. The Morgan fingerprint density at radius 1 is 0.625 bits per heavy atom. The van der Waals surface area contributed by atoms with Crippen LogP contribution < -0.4 is 0 Å². The minimum atomic E-state index is 1.24.